The number of carbonyl (C=O) groups is 1. The average molecular weight is 345 g/mol. The zero-order valence-corrected chi connectivity index (χ0v) is 15.4. The van der Waals surface area contributed by atoms with Gasteiger partial charge in [-0.05, 0) is 56.6 Å². The Kier molecular flexibility index (Phi) is 5.64. The molecule has 2 aliphatic rings. The second-order valence-corrected chi connectivity index (χ2v) is 8.15. The molecule has 1 fully saturated rings. The van der Waals surface area contributed by atoms with Crippen LogP contribution in [0.4, 0.5) is 4.79 Å². The molecule has 1 aromatic carbocycles. The van der Waals surface area contributed by atoms with Gasteiger partial charge in [0.2, 0.25) is 0 Å². The van der Waals surface area contributed by atoms with Crippen molar-refractivity contribution in [3.05, 3.63) is 35.4 Å². The number of hydrogen-bond acceptors (Lipinski definition) is 3. The molecule has 0 aromatic heterocycles. The number of amides is 2. The highest BCUT2D eigenvalue weighted by molar-refractivity contribution is 5.73. The molecule has 2 amide bonds. The lowest BCUT2D eigenvalue weighted by Gasteiger charge is -2.41. The van der Waals surface area contributed by atoms with Gasteiger partial charge >= 0.3 is 6.03 Å². The van der Waals surface area contributed by atoms with Crippen molar-refractivity contribution in [3.8, 4) is 0 Å². The third-order valence-electron chi connectivity index (χ3n) is 5.73. The Morgan fingerprint density at radius 3 is 2.72 bits per heavy atom. The summed E-state index contributed by atoms with van der Waals surface area (Å²) in [6, 6.07) is 8.52. The van der Waals surface area contributed by atoms with E-state index in [1.807, 2.05) is 0 Å². The van der Waals surface area contributed by atoms with Gasteiger partial charge < -0.3 is 15.7 Å². The van der Waals surface area contributed by atoms with Crippen molar-refractivity contribution in [2.24, 2.45) is 5.92 Å². The van der Waals surface area contributed by atoms with Crippen LogP contribution < -0.4 is 10.6 Å². The van der Waals surface area contributed by atoms with E-state index in [2.05, 4.69) is 53.6 Å². The first-order valence-corrected chi connectivity index (χ1v) is 9.45. The molecule has 1 saturated carbocycles. The van der Waals surface area contributed by atoms with Crippen LogP contribution in [0.1, 0.15) is 44.2 Å². The number of nitrogens with zero attached hydrogens (tertiary/aromatic N) is 1. The molecule has 138 valence electrons. The summed E-state index contributed by atoms with van der Waals surface area (Å²) in [4.78, 5) is 14.6. The number of urea groups is 1. The van der Waals surface area contributed by atoms with E-state index < -0.39 is 0 Å². The number of aliphatic hydroxyl groups excluding tert-OH is 1. The lowest BCUT2D eigenvalue weighted by Crippen LogP contribution is -2.54. The first-order chi connectivity index (χ1) is 11.9. The Morgan fingerprint density at radius 1 is 1.24 bits per heavy atom. The Bertz CT molecular complexity index is 602. The molecule has 1 heterocycles. The lowest BCUT2D eigenvalue weighted by molar-refractivity contribution is 0.104. The van der Waals surface area contributed by atoms with Gasteiger partial charge in [0.1, 0.15) is 0 Å². The third-order valence-corrected chi connectivity index (χ3v) is 5.73. The summed E-state index contributed by atoms with van der Waals surface area (Å²) >= 11 is 0. The molecule has 0 spiro atoms. The maximum absolute atomic E-state index is 12.1. The van der Waals surface area contributed by atoms with Crippen molar-refractivity contribution in [1.82, 2.24) is 15.5 Å². The maximum Gasteiger partial charge on any atom is 0.314 e. The number of fused-ring (bicyclic) bond motifs is 1. The van der Waals surface area contributed by atoms with E-state index in [1.54, 1.807) is 0 Å². The average Bonchev–Trinajstić information content (AvgIpc) is 3.03. The Labute approximate surface area is 150 Å². The topological polar surface area (TPSA) is 64.6 Å². The number of benzene rings is 1. The summed E-state index contributed by atoms with van der Waals surface area (Å²) < 4.78 is 0. The minimum atomic E-state index is -0.184. The van der Waals surface area contributed by atoms with Gasteiger partial charge in [-0.1, -0.05) is 24.3 Å². The van der Waals surface area contributed by atoms with Crippen LogP contribution in [0.5, 0.6) is 0 Å². The van der Waals surface area contributed by atoms with Crippen molar-refractivity contribution in [2.75, 3.05) is 19.6 Å². The van der Waals surface area contributed by atoms with Crippen LogP contribution in [0, 0.1) is 5.92 Å². The van der Waals surface area contributed by atoms with Gasteiger partial charge in [0.25, 0.3) is 0 Å². The molecular weight excluding hydrogens is 314 g/mol. The molecule has 0 unspecified atom stereocenters. The first kappa shape index (κ1) is 18.2. The van der Waals surface area contributed by atoms with Crippen molar-refractivity contribution in [1.29, 1.82) is 0 Å². The lowest BCUT2D eigenvalue weighted by atomic mass is 9.94. The van der Waals surface area contributed by atoms with Crippen LogP contribution in [0.2, 0.25) is 0 Å². The van der Waals surface area contributed by atoms with E-state index in [9.17, 15) is 9.90 Å². The first-order valence-electron chi connectivity index (χ1n) is 9.45. The molecule has 5 heteroatoms. The summed E-state index contributed by atoms with van der Waals surface area (Å²) in [7, 11) is 0. The molecule has 1 aliphatic carbocycles. The van der Waals surface area contributed by atoms with Crippen LogP contribution in [0.25, 0.3) is 0 Å². The van der Waals surface area contributed by atoms with E-state index in [-0.39, 0.29) is 17.7 Å². The molecule has 3 rings (SSSR count). The highest BCUT2D eigenvalue weighted by Gasteiger charge is 2.30. The summed E-state index contributed by atoms with van der Waals surface area (Å²) in [6.07, 6.45) is 3.54. The maximum atomic E-state index is 12.1. The zero-order valence-electron chi connectivity index (χ0n) is 15.4. The van der Waals surface area contributed by atoms with Crippen molar-refractivity contribution >= 4 is 6.03 Å². The van der Waals surface area contributed by atoms with Crippen LogP contribution in [-0.4, -0.2) is 47.3 Å². The minimum absolute atomic E-state index is 0.0889. The van der Waals surface area contributed by atoms with Gasteiger partial charge in [-0.25, -0.2) is 4.79 Å². The molecular formula is C20H31N3O2. The number of hydrogen-bond donors (Lipinski definition) is 3. The van der Waals surface area contributed by atoms with E-state index in [1.165, 1.54) is 11.1 Å². The molecule has 0 bridgehead atoms. The zero-order chi connectivity index (χ0) is 17.9. The number of carbonyl (C=O) groups excluding carboxylic acids is 1. The van der Waals surface area contributed by atoms with E-state index in [0.717, 1.165) is 38.8 Å². The standard InChI is InChI=1S/C20H31N3O2/c1-20(2,23-10-9-16-5-3-4-6-17(16)13-23)14-22-19(25)21-12-15-7-8-18(24)11-15/h3-6,15,18,24H,7-14H2,1-2H3,(H2,21,22,25)/t15-,18-/m1/s1. The normalized spacial score (nSPS) is 24.0. The summed E-state index contributed by atoms with van der Waals surface area (Å²) in [5, 5.41) is 15.5. The van der Waals surface area contributed by atoms with Crippen molar-refractivity contribution in [3.63, 3.8) is 0 Å². The largest absolute Gasteiger partial charge is 0.393 e. The molecule has 2 atom stereocenters. The fourth-order valence-electron chi connectivity index (χ4n) is 3.95. The number of aliphatic hydroxyl groups is 1. The number of nitrogens with one attached hydrogen (secondary N) is 2. The Hall–Kier alpha value is -1.59. The Balaban J connectivity index is 1.44. The monoisotopic (exact) mass is 345 g/mol. The summed E-state index contributed by atoms with van der Waals surface area (Å²) in [5.74, 6) is 0.410. The van der Waals surface area contributed by atoms with Gasteiger partial charge in [0, 0.05) is 31.7 Å². The van der Waals surface area contributed by atoms with E-state index in [4.69, 9.17) is 0 Å². The highest BCUT2D eigenvalue weighted by atomic mass is 16.3. The van der Waals surface area contributed by atoms with Crippen molar-refractivity contribution < 1.29 is 9.90 Å². The van der Waals surface area contributed by atoms with Gasteiger partial charge in [0.15, 0.2) is 0 Å². The fourth-order valence-corrected chi connectivity index (χ4v) is 3.95. The van der Waals surface area contributed by atoms with Gasteiger partial charge in [-0.2, -0.15) is 0 Å². The highest BCUT2D eigenvalue weighted by Crippen LogP contribution is 2.25. The van der Waals surface area contributed by atoms with Crippen molar-refractivity contribution in [2.45, 2.75) is 57.7 Å². The molecule has 3 N–H and O–H groups in total. The quantitative estimate of drug-likeness (QED) is 0.767. The fraction of sp³-hybridized carbons (Fsp3) is 0.650. The second-order valence-electron chi connectivity index (χ2n) is 8.15. The predicted octanol–water partition coefficient (Wildman–Crippen LogP) is 2.28. The molecule has 25 heavy (non-hydrogen) atoms. The number of rotatable bonds is 5. The van der Waals surface area contributed by atoms with Crippen LogP contribution in [0.3, 0.4) is 0 Å². The van der Waals surface area contributed by atoms with Gasteiger partial charge in [0.05, 0.1) is 6.10 Å². The van der Waals surface area contributed by atoms with E-state index >= 15 is 0 Å². The van der Waals surface area contributed by atoms with E-state index in [0.29, 0.717) is 19.0 Å². The third kappa shape index (κ3) is 4.73. The molecule has 0 radical (unpaired) electrons. The van der Waals surface area contributed by atoms with Gasteiger partial charge in [-0.3, -0.25) is 4.90 Å². The summed E-state index contributed by atoms with van der Waals surface area (Å²) in [6.45, 7) is 7.61. The Morgan fingerprint density at radius 2 is 2.00 bits per heavy atom. The van der Waals surface area contributed by atoms with Crippen LogP contribution in [0.15, 0.2) is 24.3 Å². The van der Waals surface area contributed by atoms with Crippen LogP contribution in [-0.2, 0) is 13.0 Å². The molecule has 1 aromatic rings. The summed E-state index contributed by atoms with van der Waals surface area (Å²) in [5.41, 5.74) is 2.75. The van der Waals surface area contributed by atoms with Gasteiger partial charge in [-0.15, -0.1) is 0 Å². The molecule has 1 aliphatic heterocycles. The predicted molar refractivity (Wildman–Crippen MR) is 99.4 cm³/mol. The molecule has 5 nitrogen and oxygen atoms in total. The smallest absolute Gasteiger partial charge is 0.314 e. The second kappa shape index (κ2) is 7.75. The SMILES string of the molecule is CC(C)(CNC(=O)NC[C@@H]1CC[C@@H](O)C1)N1CCc2ccccc2C1. The molecule has 0 saturated heterocycles. The minimum Gasteiger partial charge on any atom is -0.393 e. The van der Waals surface area contributed by atoms with Crippen LogP contribution >= 0.6 is 0 Å².